The molecule has 0 spiro atoms. The van der Waals surface area contributed by atoms with Gasteiger partial charge in [0, 0.05) is 11.6 Å². The predicted octanol–water partition coefficient (Wildman–Crippen LogP) is 2.60. The first-order valence-electron chi connectivity index (χ1n) is 7.98. The number of aryl methyl sites for hydroxylation is 1. The molecule has 126 valence electrons. The molecule has 2 amide bonds. The first-order chi connectivity index (χ1) is 11.6. The minimum absolute atomic E-state index is 0.139. The Kier molecular flexibility index (Phi) is 6.49. The van der Waals surface area contributed by atoms with Crippen LogP contribution in [0.3, 0.4) is 0 Å². The van der Waals surface area contributed by atoms with Gasteiger partial charge >= 0.3 is 5.97 Å². The van der Waals surface area contributed by atoms with E-state index in [-0.39, 0.29) is 18.6 Å². The fourth-order valence-electron chi connectivity index (χ4n) is 2.37. The number of hydrogen-bond donors (Lipinski definition) is 1. The monoisotopic (exact) mass is 327 g/mol. The molecule has 0 aromatic heterocycles. The molecule has 1 aliphatic rings. The van der Waals surface area contributed by atoms with E-state index in [1.807, 2.05) is 30.3 Å². The van der Waals surface area contributed by atoms with Crippen molar-refractivity contribution in [2.75, 3.05) is 0 Å². The lowest BCUT2D eigenvalue weighted by Crippen LogP contribution is -2.23. The minimum Gasteiger partial charge on any atom is -0.461 e. The van der Waals surface area contributed by atoms with Gasteiger partial charge in [-0.3, -0.25) is 19.7 Å². The summed E-state index contributed by atoms with van der Waals surface area (Å²) in [5, 5.41) is 2.09. The number of hydrogen-bond acceptors (Lipinski definition) is 4. The Labute approximate surface area is 141 Å². The number of imide groups is 1. The van der Waals surface area contributed by atoms with E-state index in [2.05, 4.69) is 11.9 Å². The molecule has 1 aromatic carbocycles. The second kappa shape index (κ2) is 8.82. The van der Waals surface area contributed by atoms with E-state index >= 15 is 0 Å². The average Bonchev–Trinajstić information content (AvgIpc) is 2.88. The first kappa shape index (κ1) is 17.7. The van der Waals surface area contributed by atoms with Crippen LogP contribution in [0.4, 0.5) is 0 Å². The average molecular weight is 327 g/mol. The Balaban J connectivity index is 1.74. The molecular formula is C19H21NO4. The van der Waals surface area contributed by atoms with Gasteiger partial charge in [0.05, 0.1) is 6.42 Å². The molecule has 5 heteroatoms. The summed E-state index contributed by atoms with van der Waals surface area (Å²) in [6, 6.07) is 7.92. The highest BCUT2D eigenvalue weighted by atomic mass is 16.5. The highest BCUT2D eigenvalue weighted by Crippen LogP contribution is 2.12. The summed E-state index contributed by atoms with van der Waals surface area (Å²) >= 11 is 0. The highest BCUT2D eigenvalue weighted by Gasteiger charge is 2.23. The zero-order valence-electron chi connectivity index (χ0n) is 13.5. The predicted molar refractivity (Wildman–Crippen MR) is 89.8 cm³/mol. The summed E-state index contributed by atoms with van der Waals surface area (Å²) in [4.78, 5) is 34.1. The number of unbranched alkanes of at least 4 members (excludes halogenated alkanes) is 2. The summed E-state index contributed by atoms with van der Waals surface area (Å²) in [6.07, 6.45) is 7.17. The summed E-state index contributed by atoms with van der Waals surface area (Å²) in [5.41, 5.74) is 2.28. The first-order valence-corrected chi connectivity index (χ1v) is 7.98. The van der Waals surface area contributed by atoms with Crippen molar-refractivity contribution >= 4 is 17.8 Å². The van der Waals surface area contributed by atoms with Crippen LogP contribution in [0.25, 0.3) is 0 Å². The summed E-state index contributed by atoms with van der Waals surface area (Å²) < 4.78 is 5.14. The number of allylic oxidation sites excluding steroid dienone is 1. The smallest absolute Gasteiger partial charge is 0.310 e. The normalized spacial score (nSPS) is 13.4. The van der Waals surface area contributed by atoms with Crippen LogP contribution in [0.15, 0.2) is 48.6 Å². The molecule has 0 radical (unpaired) electrons. The number of ether oxygens (including phenoxy) is 1. The molecule has 0 saturated heterocycles. The van der Waals surface area contributed by atoms with Crippen molar-refractivity contribution in [3.63, 3.8) is 0 Å². The van der Waals surface area contributed by atoms with Crippen molar-refractivity contribution in [1.29, 1.82) is 0 Å². The van der Waals surface area contributed by atoms with E-state index in [0.717, 1.165) is 37.3 Å². The molecule has 0 fully saturated rings. The molecule has 1 heterocycles. The number of rotatable bonds is 9. The Morgan fingerprint density at radius 2 is 1.83 bits per heavy atom. The molecule has 0 saturated carbocycles. The van der Waals surface area contributed by atoms with Crippen LogP contribution in [0, 0.1) is 0 Å². The second-order valence-electron chi connectivity index (χ2n) is 5.68. The molecule has 5 nitrogen and oxygen atoms in total. The molecule has 0 bridgehead atoms. The number of amides is 2. The topological polar surface area (TPSA) is 72.5 Å². The molecule has 24 heavy (non-hydrogen) atoms. The van der Waals surface area contributed by atoms with Gasteiger partial charge in [-0.2, -0.15) is 0 Å². The maximum atomic E-state index is 11.7. The number of benzene rings is 1. The van der Waals surface area contributed by atoms with Gasteiger partial charge in [-0.1, -0.05) is 30.3 Å². The number of esters is 1. The third-order valence-electron chi connectivity index (χ3n) is 3.71. The van der Waals surface area contributed by atoms with E-state index in [4.69, 9.17) is 4.74 Å². The van der Waals surface area contributed by atoms with Crippen molar-refractivity contribution in [1.82, 2.24) is 5.32 Å². The highest BCUT2D eigenvalue weighted by molar-refractivity contribution is 6.17. The van der Waals surface area contributed by atoms with Gasteiger partial charge in [0.2, 0.25) is 0 Å². The molecule has 0 unspecified atom stereocenters. The molecule has 1 aliphatic heterocycles. The van der Waals surface area contributed by atoms with Crippen molar-refractivity contribution < 1.29 is 19.1 Å². The lowest BCUT2D eigenvalue weighted by Gasteiger charge is -2.06. The van der Waals surface area contributed by atoms with Gasteiger partial charge in [-0.05, 0) is 36.8 Å². The van der Waals surface area contributed by atoms with Crippen LogP contribution < -0.4 is 5.32 Å². The third kappa shape index (κ3) is 5.50. The Hall–Kier alpha value is -2.69. The van der Waals surface area contributed by atoms with E-state index in [1.165, 1.54) is 5.56 Å². The van der Waals surface area contributed by atoms with Gasteiger partial charge in [0.15, 0.2) is 0 Å². The standard InChI is InChI=1S/C19H21NO4/c1-2-3-4-5-6-14-7-9-15(10-8-14)13-24-18(22)12-16-11-17(21)20-19(16)23/h2,7-11H,1,3-6,12-13H2,(H,20,21,23). The molecule has 1 aromatic rings. The summed E-state index contributed by atoms with van der Waals surface area (Å²) in [7, 11) is 0. The van der Waals surface area contributed by atoms with E-state index < -0.39 is 17.8 Å². The van der Waals surface area contributed by atoms with Crippen molar-refractivity contribution in [2.24, 2.45) is 0 Å². The van der Waals surface area contributed by atoms with Gasteiger partial charge in [0.1, 0.15) is 6.61 Å². The molecule has 2 rings (SSSR count). The van der Waals surface area contributed by atoms with Crippen LogP contribution >= 0.6 is 0 Å². The largest absolute Gasteiger partial charge is 0.461 e. The molecule has 0 aliphatic carbocycles. The van der Waals surface area contributed by atoms with Gasteiger partial charge in [0.25, 0.3) is 11.8 Å². The minimum atomic E-state index is -0.530. The number of carbonyl (C=O) groups is 3. The quantitative estimate of drug-likeness (QED) is 0.327. The van der Waals surface area contributed by atoms with Crippen molar-refractivity contribution in [3.05, 3.63) is 59.7 Å². The maximum absolute atomic E-state index is 11.7. The fourth-order valence-corrected chi connectivity index (χ4v) is 2.37. The lowest BCUT2D eigenvalue weighted by molar-refractivity contribution is -0.144. The SMILES string of the molecule is C=CCCCCc1ccc(COC(=O)CC2=CC(=O)NC2=O)cc1. The molecular weight excluding hydrogens is 306 g/mol. The van der Waals surface area contributed by atoms with Crippen LogP contribution in [-0.4, -0.2) is 17.8 Å². The zero-order valence-corrected chi connectivity index (χ0v) is 13.5. The number of carbonyl (C=O) groups excluding carboxylic acids is 3. The van der Waals surface area contributed by atoms with Crippen molar-refractivity contribution in [2.45, 2.75) is 38.7 Å². The second-order valence-corrected chi connectivity index (χ2v) is 5.68. The maximum Gasteiger partial charge on any atom is 0.310 e. The van der Waals surface area contributed by atoms with Crippen LogP contribution in [-0.2, 0) is 32.1 Å². The van der Waals surface area contributed by atoms with Crippen molar-refractivity contribution in [3.8, 4) is 0 Å². The van der Waals surface area contributed by atoms with E-state index in [0.29, 0.717) is 0 Å². The zero-order chi connectivity index (χ0) is 17.4. The van der Waals surface area contributed by atoms with Crippen LogP contribution in [0.1, 0.15) is 36.8 Å². The summed E-state index contributed by atoms with van der Waals surface area (Å²) in [6.45, 7) is 3.86. The summed E-state index contributed by atoms with van der Waals surface area (Å²) in [5.74, 6) is -1.55. The molecule has 0 atom stereocenters. The Bertz CT molecular complexity index is 658. The van der Waals surface area contributed by atoms with E-state index in [1.54, 1.807) is 0 Å². The Morgan fingerprint density at radius 1 is 1.12 bits per heavy atom. The van der Waals surface area contributed by atoms with E-state index in [9.17, 15) is 14.4 Å². The lowest BCUT2D eigenvalue weighted by atomic mass is 10.1. The van der Waals surface area contributed by atoms with Gasteiger partial charge < -0.3 is 4.74 Å². The van der Waals surface area contributed by atoms with Gasteiger partial charge in [-0.25, -0.2) is 0 Å². The van der Waals surface area contributed by atoms with Crippen LogP contribution in [0.5, 0.6) is 0 Å². The van der Waals surface area contributed by atoms with Crippen LogP contribution in [0.2, 0.25) is 0 Å². The fraction of sp³-hybridized carbons (Fsp3) is 0.316. The molecule has 1 N–H and O–H groups in total. The Morgan fingerprint density at radius 3 is 2.46 bits per heavy atom. The van der Waals surface area contributed by atoms with Gasteiger partial charge in [-0.15, -0.1) is 6.58 Å². The third-order valence-corrected chi connectivity index (χ3v) is 3.71. The number of nitrogens with one attached hydrogen (secondary N) is 1.